The highest BCUT2D eigenvalue weighted by Crippen LogP contribution is 2.20. The first-order valence-corrected chi connectivity index (χ1v) is 9.75. The van der Waals surface area contributed by atoms with Crippen LogP contribution in [0, 0.1) is 0 Å². The van der Waals surface area contributed by atoms with Gasteiger partial charge in [0.05, 0.1) is 0 Å². The number of piperazine rings is 1. The van der Waals surface area contributed by atoms with E-state index >= 15 is 0 Å². The summed E-state index contributed by atoms with van der Waals surface area (Å²) in [6.07, 6.45) is 1.07. The van der Waals surface area contributed by atoms with Gasteiger partial charge in [-0.25, -0.2) is 9.59 Å². The molecule has 27 heavy (non-hydrogen) atoms. The van der Waals surface area contributed by atoms with Crippen molar-refractivity contribution in [3.63, 3.8) is 0 Å². The van der Waals surface area contributed by atoms with Crippen LogP contribution in [0.15, 0.2) is 24.3 Å². The number of nitrogens with zero attached hydrogens (tertiary/aromatic N) is 4. The van der Waals surface area contributed by atoms with Crippen LogP contribution in [-0.4, -0.2) is 91.1 Å². The SMILES string of the molecule is CC(CNC(=O)N1CCN(C(=O)N(C)C)CC1)N1CCc2ccccc2C1. The predicted octanol–water partition coefficient (Wildman–Crippen LogP) is 1.44. The second kappa shape index (κ2) is 8.61. The molecule has 0 saturated carbocycles. The summed E-state index contributed by atoms with van der Waals surface area (Å²) in [5.74, 6) is 0. The first-order valence-electron chi connectivity index (χ1n) is 9.75. The largest absolute Gasteiger partial charge is 0.336 e. The van der Waals surface area contributed by atoms with Crippen molar-refractivity contribution < 1.29 is 9.59 Å². The van der Waals surface area contributed by atoms with Crippen LogP contribution in [0.2, 0.25) is 0 Å². The van der Waals surface area contributed by atoms with Gasteiger partial charge in [-0.1, -0.05) is 24.3 Å². The quantitative estimate of drug-likeness (QED) is 0.872. The van der Waals surface area contributed by atoms with Crippen LogP contribution >= 0.6 is 0 Å². The lowest BCUT2D eigenvalue weighted by Gasteiger charge is -2.37. The van der Waals surface area contributed by atoms with Gasteiger partial charge in [-0.05, 0) is 24.5 Å². The minimum absolute atomic E-state index is 0.00839. The number of urea groups is 2. The molecular weight excluding hydrogens is 342 g/mol. The number of rotatable bonds is 3. The number of carbonyl (C=O) groups is 2. The lowest BCUT2D eigenvalue weighted by Crippen LogP contribution is -2.56. The van der Waals surface area contributed by atoms with E-state index in [9.17, 15) is 9.59 Å². The second-order valence-corrected chi connectivity index (χ2v) is 7.68. The Kier molecular flexibility index (Phi) is 6.21. The van der Waals surface area contributed by atoms with Crippen molar-refractivity contribution in [1.82, 2.24) is 24.9 Å². The Bertz CT molecular complexity index is 670. The highest BCUT2D eigenvalue weighted by Gasteiger charge is 2.26. The standard InChI is InChI=1S/C20H31N5O2/c1-16(25-9-8-17-6-4-5-7-18(17)15-25)14-21-19(26)23-10-12-24(13-11-23)20(27)22(2)3/h4-7,16H,8-15H2,1-3H3,(H,21,26). The molecule has 2 aliphatic rings. The summed E-state index contributed by atoms with van der Waals surface area (Å²) in [4.78, 5) is 32.1. The molecule has 0 bridgehead atoms. The number of carbonyl (C=O) groups excluding carboxylic acids is 2. The van der Waals surface area contributed by atoms with Gasteiger partial charge in [-0.3, -0.25) is 4.90 Å². The molecule has 7 nitrogen and oxygen atoms in total. The van der Waals surface area contributed by atoms with Crippen LogP contribution in [0.5, 0.6) is 0 Å². The summed E-state index contributed by atoms with van der Waals surface area (Å²) in [6.45, 7) is 7.11. The fourth-order valence-corrected chi connectivity index (χ4v) is 3.75. The summed E-state index contributed by atoms with van der Waals surface area (Å²) in [5, 5.41) is 3.07. The summed E-state index contributed by atoms with van der Waals surface area (Å²) in [7, 11) is 3.50. The Morgan fingerprint density at radius 1 is 1.04 bits per heavy atom. The van der Waals surface area contributed by atoms with E-state index in [4.69, 9.17) is 0 Å². The van der Waals surface area contributed by atoms with Gasteiger partial charge >= 0.3 is 12.1 Å². The van der Waals surface area contributed by atoms with Gasteiger partial charge in [0.1, 0.15) is 0 Å². The van der Waals surface area contributed by atoms with Crippen molar-refractivity contribution in [3.05, 3.63) is 35.4 Å². The van der Waals surface area contributed by atoms with Crippen molar-refractivity contribution in [2.45, 2.75) is 25.9 Å². The predicted molar refractivity (Wildman–Crippen MR) is 106 cm³/mol. The maximum Gasteiger partial charge on any atom is 0.319 e. The van der Waals surface area contributed by atoms with Gasteiger partial charge in [0.25, 0.3) is 0 Å². The molecule has 0 aromatic heterocycles. The molecule has 7 heteroatoms. The Balaban J connectivity index is 1.43. The molecule has 1 aromatic rings. The Morgan fingerprint density at radius 2 is 1.67 bits per heavy atom. The Morgan fingerprint density at radius 3 is 2.33 bits per heavy atom. The second-order valence-electron chi connectivity index (χ2n) is 7.68. The van der Waals surface area contributed by atoms with Crippen LogP contribution in [0.25, 0.3) is 0 Å². The minimum atomic E-state index is -0.0313. The molecule has 0 spiro atoms. The zero-order valence-corrected chi connectivity index (χ0v) is 16.6. The fraction of sp³-hybridized carbons (Fsp3) is 0.600. The van der Waals surface area contributed by atoms with E-state index in [0.29, 0.717) is 38.8 Å². The van der Waals surface area contributed by atoms with E-state index in [1.807, 2.05) is 0 Å². The summed E-state index contributed by atoms with van der Waals surface area (Å²) in [6, 6.07) is 8.87. The molecule has 1 aromatic carbocycles. The highest BCUT2D eigenvalue weighted by molar-refractivity contribution is 5.76. The number of nitrogens with one attached hydrogen (secondary N) is 1. The number of fused-ring (bicyclic) bond motifs is 1. The third kappa shape index (κ3) is 4.71. The van der Waals surface area contributed by atoms with E-state index in [-0.39, 0.29) is 12.1 Å². The van der Waals surface area contributed by atoms with Crippen molar-refractivity contribution in [2.75, 3.05) is 53.4 Å². The minimum Gasteiger partial charge on any atom is -0.336 e. The first kappa shape index (κ1) is 19.5. The molecule has 2 aliphatic heterocycles. The number of hydrogen-bond acceptors (Lipinski definition) is 3. The van der Waals surface area contributed by atoms with Gasteiger partial charge in [-0.15, -0.1) is 0 Å². The van der Waals surface area contributed by atoms with Gasteiger partial charge in [0.15, 0.2) is 0 Å². The molecular formula is C20H31N5O2. The van der Waals surface area contributed by atoms with Crippen LogP contribution in [-0.2, 0) is 13.0 Å². The highest BCUT2D eigenvalue weighted by atomic mass is 16.2. The molecule has 1 N–H and O–H groups in total. The summed E-state index contributed by atoms with van der Waals surface area (Å²) < 4.78 is 0. The fourth-order valence-electron chi connectivity index (χ4n) is 3.75. The smallest absolute Gasteiger partial charge is 0.319 e. The molecule has 2 heterocycles. The number of hydrogen-bond donors (Lipinski definition) is 1. The van der Waals surface area contributed by atoms with Gasteiger partial charge in [-0.2, -0.15) is 0 Å². The third-order valence-corrected chi connectivity index (χ3v) is 5.55. The van der Waals surface area contributed by atoms with E-state index in [2.05, 4.69) is 41.4 Å². The maximum atomic E-state index is 12.5. The normalized spacial score (nSPS) is 18.6. The van der Waals surface area contributed by atoms with E-state index in [0.717, 1.165) is 19.5 Å². The molecule has 1 saturated heterocycles. The molecule has 3 rings (SSSR count). The van der Waals surface area contributed by atoms with Crippen molar-refractivity contribution in [1.29, 1.82) is 0 Å². The Hall–Kier alpha value is -2.28. The van der Waals surface area contributed by atoms with Crippen LogP contribution < -0.4 is 5.32 Å². The average Bonchev–Trinajstić information content (AvgIpc) is 2.70. The van der Waals surface area contributed by atoms with Gasteiger partial charge in [0, 0.05) is 66.0 Å². The zero-order valence-electron chi connectivity index (χ0n) is 16.6. The van der Waals surface area contributed by atoms with Gasteiger partial charge < -0.3 is 20.0 Å². The molecule has 148 valence electrons. The lowest BCUT2D eigenvalue weighted by molar-refractivity contribution is 0.126. The first-order chi connectivity index (χ1) is 13.0. The summed E-state index contributed by atoms with van der Waals surface area (Å²) >= 11 is 0. The number of benzene rings is 1. The molecule has 4 amide bonds. The topological polar surface area (TPSA) is 59.1 Å². The third-order valence-electron chi connectivity index (χ3n) is 5.55. The van der Waals surface area contributed by atoms with Gasteiger partial charge in [0.2, 0.25) is 0 Å². The molecule has 1 unspecified atom stereocenters. The maximum absolute atomic E-state index is 12.5. The zero-order chi connectivity index (χ0) is 19.4. The molecule has 0 radical (unpaired) electrons. The molecule has 0 aliphatic carbocycles. The van der Waals surface area contributed by atoms with E-state index in [1.54, 1.807) is 28.8 Å². The lowest BCUT2D eigenvalue weighted by atomic mass is 9.99. The average molecular weight is 374 g/mol. The van der Waals surface area contributed by atoms with E-state index < -0.39 is 0 Å². The molecule has 1 fully saturated rings. The Labute approximate surface area is 161 Å². The van der Waals surface area contributed by atoms with Crippen LogP contribution in [0.4, 0.5) is 9.59 Å². The monoisotopic (exact) mass is 373 g/mol. The van der Waals surface area contributed by atoms with E-state index in [1.165, 1.54) is 11.1 Å². The molecule has 1 atom stereocenters. The van der Waals surface area contributed by atoms with Crippen molar-refractivity contribution in [3.8, 4) is 0 Å². The van der Waals surface area contributed by atoms with Crippen LogP contribution in [0.3, 0.4) is 0 Å². The summed E-state index contributed by atoms with van der Waals surface area (Å²) in [5.41, 5.74) is 2.83. The van der Waals surface area contributed by atoms with Crippen molar-refractivity contribution in [2.24, 2.45) is 0 Å². The van der Waals surface area contributed by atoms with Crippen LogP contribution in [0.1, 0.15) is 18.1 Å². The van der Waals surface area contributed by atoms with Crippen molar-refractivity contribution >= 4 is 12.1 Å². The number of amides is 4.